The predicted molar refractivity (Wildman–Crippen MR) is 58.6 cm³/mol. The second-order valence-electron chi connectivity index (χ2n) is 3.99. The summed E-state index contributed by atoms with van der Waals surface area (Å²) in [7, 11) is 1.76. The molecule has 1 saturated carbocycles. The number of hydrogen-bond donors (Lipinski definition) is 0. The Labute approximate surface area is 92.1 Å². The summed E-state index contributed by atoms with van der Waals surface area (Å²) in [5.41, 5.74) is 0. The van der Waals surface area contributed by atoms with Gasteiger partial charge in [-0.15, -0.1) is 0 Å². The lowest BCUT2D eigenvalue weighted by molar-refractivity contribution is -0.160. The number of ether oxygens (including phenoxy) is 2. The van der Waals surface area contributed by atoms with Crippen LogP contribution in [0.2, 0.25) is 0 Å². The van der Waals surface area contributed by atoms with Gasteiger partial charge in [-0.05, 0) is 31.6 Å². The molecule has 2 fully saturated rings. The molecule has 0 aromatic heterocycles. The SMILES string of the molecule is CC.COC1CCC2C(=O)OCC[C@H]2C1. The van der Waals surface area contributed by atoms with Gasteiger partial charge in [0.05, 0.1) is 18.6 Å². The first-order valence-electron chi connectivity index (χ1n) is 6.00. The Morgan fingerprint density at radius 2 is 2.00 bits per heavy atom. The predicted octanol–water partition coefficient (Wildman–Crippen LogP) is 2.39. The average Bonchev–Trinajstić information content (AvgIpc) is 2.31. The van der Waals surface area contributed by atoms with E-state index in [4.69, 9.17) is 9.47 Å². The van der Waals surface area contributed by atoms with Crippen molar-refractivity contribution in [2.45, 2.75) is 45.6 Å². The van der Waals surface area contributed by atoms with E-state index in [2.05, 4.69) is 0 Å². The zero-order valence-corrected chi connectivity index (χ0v) is 9.99. The van der Waals surface area contributed by atoms with Crippen LogP contribution in [0, 0.1) is 11.8 Å². The first-order chi connectivity index (χ1) is 7.31. The molecule has 1 saturated heterocycles. The number of rotatable bonds is 1. The van der Waals surface area contributed by atoms with Crippen LogP contribution in [0.25, 0.3) is 0 Å². The molecule has 0 N–H and O–H groups in total. The highest BCUT2D eigenvalue weighted by Crippen LogP contribution is 2.36. The van der Waals surface area contributed by atoms with Gasteiger partial charge in [0, 0.05) is 7.11 Å². The van der Waals surface area contributed by atoms with Gasteiger partial charge in [0.2, 0.25) is 0 Å². The highest BCUT2D eigenvalue weighted by molar-refractivity contribution is 5.73. The van der Waals surface area contributed by atoms with Crippen LogP contribution >= 0.6 is 0 Å². The van der Waals surface area contributed by atoms with Crippen LogP contribution in [0.1, 0.15) is 39.5 Å². The van der Waals surface area contributed by atoms with E-state index in [-0.39, 0.29) is 11.9 Å². The lowest BCUT2D eigenvalue weighted by Crippen LogP contribution is -2.39. The van der Waals surface area contributed by atoms with E-state index in [1.807, 2.05) is 13.8 Å². The Kier molecular flexibility index (Phi) is 5.09. The second-order valence-corrected chi connectivity index (χ2v) is 3.99. The Hall–Kier alpha value is -0.570. The van der Waals surface area contributed by atoms with Crippen molar-refractivity contribution in [1.82, 2.24) is 0 Å². The number of fused-ring (bicyclic) bond motifs is 1. The fraction of sp³-hybridized carbons (Fsp3) is 0.917. The van der Waals surface area contributed by atoms with Crippen molar-refractivity contribution in [1.29, 1.82) is 0 Å². The van der Waals surface area contributed by atoms with Crippen molar-refractivity contribution in [3.05, 3.63) is 0 Å². The highest BCUT2D eigenvalue weighted by atomic mass is 16.5. The van der Waals surface area contributed by atoms with Gasteiger partial charge in [-0.3, -0.25) is 4.79 Å². The Morgan fingerprint density at radius 3 is 2.67 bits per heavy atom. The maximum Gasteiger partial charge on any atom is 0.309 e. The fourth-order valence-corrected chi connectivity index (χ4v) is 2.48. The molecule has 0 spiro atoms. The molecule has 88 valence electrons. The first kappa shape index (κ1) is 12.5. The van der Waals surface area contributed by atoms with Gasteiger partial charge < -0.3 is 9.47 Å². The fourth-order valence-electron chi connectivity index (χ4n) is 2.48. The molecule has 1 aliphatic heterocycles. The molecule has 2 unspecified atom stereocenters. The quantitative estimate of drug-likeness (QED) is 0.629. The molecule has 15 heavy (non-hydrogen) atoms. The second kappa shape index (κ2) is 6.11. The minimum absolute atomic E-state index is 0.0193. The van der Waals surface area contributed by atoms with Crippen molar-refractivity contribution in [3.8, 4) is 0 Å². The standard InChI is InChI=1S/C10H16O3.C2H6/c1-12-8-2-3-9-7(6-8)4-5-13-10(9)11;1-2/h7-9H,2-6H2,1H3;1-2H3/t7-,8?,9?;/m0./s1. The Balaban J connectivity index is 0.000000531. The van der Waals surface area contributed by atoms with Crippen molar-refractivity contribution in [2.24, 2.45) is 11.8 Å². The van der Waals surface area contributed by atoms with Gasteiger partial charge in [-0.25, -0.2) is 0 Å². The third-order valence-corrected chi connectivity index (χ3v) is 3.30. The van der Waals surface area contributed by atoms with Crippen LogP contribution in [0.4, 0.5) is 0 Å². The van der Waals surface area contributed by atoms with Crippen molar-refractivity contribution in [3.63, 3.8) is 0 Å². The summed E-state index contributed by atoms with van der Waals surface area (Å²) in [6, 6.07) is 0. The van der Waals surface area contributed by atoms with E-state index in [1.165, 1.54) is 0 Å². The molecule has 2 rings (SSSR count). The van der Waals surface area contributed by atoms with Gasteiger partial charge in [-0.2, -0.15) is 0 Å². The molecule has 3 atom stereocenters. The molecule has 1 aliphatic carbocycles. The monoisotopic (exact) mass is 214 g/mol. The smallest absolute Gasteiger partial charge is 0.309 e. The summed E-state index contributed by atoms with van der Waals surface area (Å²) in [6.45, 7) is 4.61. The van der Waals surface area contributed by atoms with Gasteiger partial charge in [-0.1, -0.05) is 13.8 Å². The molecular weight excluding hydrogens is 192 g/mol. The molecule has 0 radical (unpaired) electrons. The molecule has 0 aromatic rings. The number of cyclic esters (lactones) is 1. The number of esters is 1. The van der Waals surface area contributed by atoms with Crippen LogP contribution < -0.4 is 0 Å². The Morgan fingerprint density at radius 1 is 1.27 bits per heavy atom. The summed E-state index contributed by atoms with van der Waals surface area (Å²) in [5, 5.41) is 0. The molecular formula is C12H22O3. The minimum Gasteiger partial charge on any atom is -0.465 e. The molecule has 1 heterocycles. The van der Waals surface area contributed by atoms with Gasteiger partial charge in [0.15, 0.2) is 0 Å². The lowest BCUT2D eigenvalue weighted by atomic mass is 9.75. The molecule has 0 amide bonds. The molecule has 3 heteroatoms. The van der Waals surface area contributed by atoms with Crippen LogP contribution in [0.3, 0.4) is 0 Å². The van der Waals surface area contributed by atoms with Gasteiger partial charge >= 0.3 is 5.97 Å². The van der Waals surface area contributed by atoms with E-state index in [1.54, 1.807) is 7.11 Å². The van der Waals surface area contributed by atoms with E-state index < -0.39 is 0 Å². The van der Waals surface area contributed by atoms with Crippen LogP contribution in [0.5, 0.6) is 0 Å². The summed E-state index contributed by atoms with van der Waals surface area (Å²) in [6.07, 6.45) is 4.38. The van der Waals surface area contributed by atoms with Crippen molar-refractivity contribution < 1.29 is 14.3 Å². The summed E-state index contributed by atoms with van der Waals surface area (Å²) in [5.74, 6) is 0.700. The van der Waals surface area contributed by atoms with E-state index in [9.17, 15) is 4.79 Å². The first-order valence-corrected chi connectivity index (χ1v) is 6.00. The number of carbonyl (C=O) groups excluding carboxylic acids is 1. The summed E-state index contributed by atoms with van der Waals surface area (Å²) >= 11 is 0. The maximum atomic E-state index is 11.4. The number of hydrogen-bond acceptors (Lipinski definition) is 3. The van der Waals surface area contributed by atoms with E-state index in [0.717, 1.165) is 25.7 Å². The largest absolute Gasteiger partial charge is 0.465 e. The van der Waals surface area contributed by atoms with Crippen LogP contribution in [-0.2, 0) is 14.3 Å². The topological polar surface area (TPSA) is 35.5 Å². The zero-order chi connectivity index (χ0) is 11.3. The number of methoxy groups -OCH3 is 1. The molecule has 0 bridgehead atoms. The third-order valence-electron chi connectivity index (χ3n) is 3.30. The van der Waals surface area contributed by atoms with E-state index >= 15 is 0 Å². The van der Waals surface area contributed by atoms with Crippen molar-refractivity contribution in [2.75, 3.05) is 13.7 Å². The Bertz CT molecular complexity index is 203. The highest BCUT2D eigenvalue weighted by Gasteiger charge is 2.38. The number of carbonyl (C=O) groups is 1. The van der Waals surface area contributed by atoms with Crippen LogP contribution in [-0.4, -0.2) is 25.8 Å². The third kappa shape index (κ3) is 2.94. The summed E-state index contributed by atoms with van der Waals surface area (Å²) < 4.78 is 10.4. The normalized spacial score (nSPS) is 34.6. The van der Waals surface area contributed by atoms with E-state index in [0.29, 0.717) is 18.6 Å². The minimum atomic E-state index is 0.0193. The van der Waals surface area contributed by atoms with Crippen molar-refractivity contribution >= 4 is 5.97 Å². The van der Waals surface area contributed by atoms with Crippen LogP contribution in [0.15, 0.2) is 0 Å². The molecule has 0 aromatic carbocycles. The van der Waals surface area contributed by atoms with Gasteiger partial charge in [0.1, 0.15) is 0 Å². The summed E-state index contributed by atoms with van der Waals surface area (Å²) in [4.78, 5) is 11.4. The maximum absolute atomic E-state index is 11.4. The molecule has 2 aliphatic rings. The molecule has 3 nitrogen and oxygen atoms in total. The lowest BCUT2D eigenvalue weighted by Gasteiger charge is -2.37. The van der Waals surface area contributed by atoms with Gasteiger partial charge in [0.25, 0.3) is 0 Å². The zero-order valence-electron chi connectivity index (χ0n) is 9.99. The average molecular weight is 214 g/mol.